The molecule has 0 spiro atoms. The maximum Gasteiger partial charge on any atom is 0.182 e. The van der Waals surface area contributed by atoms with Crippen molar-refractivity contribution in [2.75, 3.05) is 0 Å². The Hall–Kier alpha value is -9.00. The van der Waals surface area contributed by atoms with Crippen LogP contribution in [0.4, 0.5) is 0 Å². The minimum Gasteiger partial charge on any atom is -0.256 e. The van der Waals surface area contributed by atoms with Gasteiger partial charge in [-0.15, -0.1) is 0 Å². The van der Waals surface area contributed by atoms with Crippen molar-refractivity contribution in [3.63, 3.8) is 0 Å². The molecule has 12 aromatic rings. The van der Waals surface area contributed by atoms with E-state index < -0.39 is 0 Å². The third kappa shape index (κ3) is 8.19. The van der Waals surface area contributed by atoms with E-state index in [-0.39, 0.29) is 0 Å². The number of hydrogen-bond acceptors (Lipinski definition) is 6. The smallest absolute Gasteiger partial charge is 0.182 e. The van der Waals surface area contributed by atoms with Gasteiger partial charge in [-0.05, 0) is 136 Å². The summed E-state index contributed by atoms with van der Waals surface area (Å²) in [5.74, 6) is 1.58. The first-order valence-electron chi connectivity index (χ1n) is 23.2. The summed E-state index contributed by atoms with van der Waals surface area (Å²) < 4.78 is 0. The fraction of sp³-hybridized carbons (Fsp3) is 0.0476. The zero-order valence-electron chi connectivity index (χ0n) is 38.4. The summed E-state index contributed by atoms with van der Waals surface area (Å²) in [6, 6.07) is 70.5. The van der Waals surface area contributed by atoms with Crippen LogP contribution in [0.3, 0.4) is 0 Å². The lowest BCUT2D eigenvalue weighted by atomic mass is 9.90. The fourth-order valence-electron chi connectivity index (χ4n) is 9.37. The second-order valence-electron chi connectivity index (χ2n) is 17.9. The summed E-state index contributed by atoms with van der Waals surface area (Å²) in [7, 11) is 0. The molecule has 0 saturated heterocycles. The number of pyridine rings is 3. The van der Waals surface area contributed by atoms with E-state index in [1.54, 1.807) is 0 Å². The normalized spacial score (nSPS) is 11.4. The molecule has 4 heterocycles. The minimum atomic E-state index is 0.489. The van der Waals surface area contributed by atoms with Gasteiger partial charge in [0.25, 0.3) is 0 Å². The van der Waals surface area contributed by atoms with Gasteiger partial charge in [-0.3, -0.25) is 9.97 Å². The number of aromatic nitrogens is 6. The Bertz CT molecular complexity index is 3920. The average molecular weight is 885 g/mol. The van der Waals surface area contributed by atoms with E-state index in [1.807, 2.05) is 37.5 Å². The molecular formula is C63H44N6. The largest absolute Gasteiger partial charge is 0.256 e. The van der Waals surface area contributed by atoms with E-state index >= 15 is 0 Å². The molecule has 0 amide bonds. The molecular weight excluding hydrogens is 841 g/mol. The average Bonchev–Trinajstić information content (AvgIpc) is 3.40. The van der Waals surface area contributed by atoms with Crippen LogP contribution in [0.15, 0.2) is 213 Å². The van der Waals surface area contributed by atoms with E-state index in [9.17, 15) is 0 Å². The van der Waals surface area contributed by atoms with Crippen molar-refractivity contribution in [3.05, 3.63) is 229 Å². The summed E-state index contributed by atoms with van der Waals surface area (Å²) in [6.45, 7) is 6.25. The van der Waals surface area contributed by atoms with Crippen molar-refractivity contribution < 1.29 is 0 Å². The summed E-state index contributed by atoms with van der Waals surface area (Å²) >= 11 is 0. The summed E-state index contributed by atoms with van der Waals surface area (Å²) in [4.78, 5) is 30.7. The molecule has 0 aliphatic heterocycles. The first-order valence-corrected chi connectivity index (χ1v) is 23.2. The lowest BCUT2D eigenvalue weighted by molar-refractivity contribution is 1.06. The predicted molar refractivity (Wildman–Crippen MR) is 283 cm³/mol. The van der Waals surface area contributed by atoms with Gasteiger partial charge in [0, 0.05) is 45.6 Å². The second kappa shape index (κ2) is 17.3. The van der Waals surface area contributed by atoms with Gasteiger partial charge in [-0.2, -0.15) is 0 Å². The molecule has 6 nitrogen and oxygen atoms in total. The van der Waals surface area contributed by atoms with Gasteiger partial charge in [0.2, 0.25) is 0 Å². The summed E-state index contributed by atoms with van der Waals surface area (Å²) in [5, 5.41) is 5.83. The highest BCUT2D eigenvalue weighted by atomic mass is 15.0. The third-order valence-electron chi connectivity index (χ3n) is 12.9. The molecule has 8 aromatic carbocycles. The van der Waals surface area contributed by atoms with Gasteiger partial charge in [0.1, 0.15) is 5.69 Å². The number of aryl methyl sites for hydroxylation is 3. The molecule has 0 aliphatic carbocycles. The molecule has 4 aromatic heterocycles. The lowest BCUT2D eigenvalue weighted by Gasteiger charge is -2.15. The quantitative estimate of drug-likeness (QED) is 0.141. The van der Waals surface area contributed by atoms with Crippen LogP contribution >= 0.6 is 0 Å². The van der Waals surface area contributed by atoms with Gasteiger partial charge < -0.3 is 0 Å². The van der Waals surface area contributed by atoms with Crippen molar-refractivity contribution in [2.24, 2.45) is 0 Å². The zero-order chi connectivity index (χ0) is 46.4. The van der Waals surface area contributed by atoms with Crippen molar-refractivity contribution in [3.8, 4) is 90.2 Å². The molecule has 0 unspecified atom stereocenters. The van der Waals surface area contributed by atoms with Crippen molar-refractivity contribution in [1.82, 2.24) is 29.9 Å². The van der Waals surface area contributed by atoms with Crippen LogP contribution in [0.5, 0.6) is 0 Å². The van der Waals surface area contributed by atoms with Crippen LogP contribution < -0.4 is 0 Å². The number of fused-ring (bicyclic) bond motifs is 4. The van der Waals surface area contributed by atoms with Crippen molar-refractivity contribution >= 4 is 32.4 Å². The van der Waals surface area contributed by atoms with Crippen LogP contribution in [0.1, 0.15) is 16.7 Å². The highest BCUT2D eigenvalue weighted by Gasteiger charge is 2.19. The maximum atomic E-state index is 5.32. The van der Waals surface area contributed by atoms with Gasteiger partial charge in [-0.25, -0.2) is 19.9 Å². The molecule has 0 radical (unpaired) electrons. The molecule has 326 valence electrons. The summed E-state index contributed by atoms with van der Waals surface area (Å²) in [5.41, 5.74) is 16.9. The molecule has 0 N–H and O–H groups in total. The van der Waals surface area contributed by atoms with E-state index in [1.165, 1.54) is 27.1 Å². The van der Waals surface area contributed by atoms with Crippen LogP contribution in [-0.4, -0.2) is 29.9 Å². The van der Waals surface area contributed by atoms with Crippen molar-refractivity contribution in [2.45, 2.75) is 20.8 Å². The fourth-order valence-corrected chi connectivity index (χ4v) is 9.37. The summed E-state index contributed by atoms with van der Waals surface area (Å²) in [6.07, 6.45) is 3.87. The SMILES string of the molecule is Cc1ccc(-c2ccc(-c3nc(-c4cc(-c5ccc6cc(-c7cccc(C)c7)cnc6c5)cc(-c5cc6ccccc6c6ccccc56)c4)nc(-c4cc(C)cc(-c5ccccc5)n4)n3)cc2)nc1. The Balaban J connectivity index is 1.07. The highest BCUT2D eigenvalue weighted by Crippen LogP contribution is 2.40. The monoisotopic (exact) mass is 884 g/mol. The van der Waals surface area contributed by atoms with Crippen LogP contribution in [0, 0.1) is 20.8 Å². The molecule has 0 aliphatic rings. The predicted octanol–water partition coefficient (Wildman–Crippen LogP) is 15.8. The molecule has 0 saturated carbocycles. The van der Waals surface area contributed by atoms with E-state index in [4.69, 9.17) is 24.9 Å². The standard InChI is InChI=1S/C63H44N6/c1-39-12-11-16-45(28-39)52-31-48-26-25-46(36-58(48)65-38-52)49-32-50(56-35-47-15-7-8-17-53(47)54-18-9-10-19-55(54)56)34-51(33-49)62-67-61(44-23-21-43(22-24-44)57-27-20-40(2)37-64-57)68-63(69-62)60-30-41(3)29-59(66-60)42-13-5-4-6-14-42/h4-38H,1-3H3. The highest BCUT2D eigenvalue weighted by molar-refractivity contribution is 6.14. The molecule has 0 atom stereocenters. The van der Waals surface area contributed by atoms with E-state index in [0.29, 0.717) is 23.2 Å². The van der Waals surface area contributed by atoms with E-state index in [2.05, 4.69) is 201 Å². The zero-order valence-corrected chi connectivity index (χ0v) is 38.4. The second-order valence-corrected chi connectivity index (χ2v) is 17.9. The van der Waals surface area contributed by atoms with Gasteiger partial charge in [0.15, 0.2) is 17.5 Å². The number of hydrogen-bond donors (Lipinski definition) is 0. The van der Waals surface area contributed by atoms with Crippen molar-refractivity contribution in [1.29, 1.82) is 0 Å². The molecule has 0 bridgehead atoms. The molecule has 12 rings (SSSR count). The Morgan fingerprint density at radius 2 is 0.928 bits per heavy atom. The number of nitrogens with zero attached hydrogens (tertiary/aromatic N) is 6. The Kier molecular flexibility index (Phi) is 10.4. The lowest BCUT2D eigenvalue weighted by Crippen LogP contribution is -2.02. The maximum absolute atomic E-state index is 5.32. The molecule has 0 fully saturated rings. The van der Waals surface area contributed by atoms with Gasteiger partial charge in [-0.1, -0.05) is 151 Å². The van der Waals surface area contributed by atoms with Crippen LogP contribution in [0.25, 0.3) is 123 Å². The van der Waals surface area contributed by atoms with Crippen LogP contribution in [-0.2, 0) is 0 Å². The Morgan fingerprint density at radius 3 is 1.74 bits per heavy atom. The first-order chi connectivity index (χ1) is 33.8. The van der Waals surface area contributed by atoms with Gasteiger partial charge in [0.05, 0.1) is 16.9 Å². The van der Waals surface area contributed by atoms with Gasteiger partial charge >= 0.3 is 0 Å². The Morgan fingerprint density at radius 1 is 0.275 bits per heavy atom. The molecule has 69 heavy (non-hydrogen) atoms. The first kappa shape index (κ1) is 41.4. The number of benzene rings is 8. The molecule has 6 heteroatoms. The minimum absolute atomic E-state index is 0.489. The van der Waals surface area contributed by atoms with Crippen LogP contribution in [0.2, 0.25) is 0 Å². The number of rotatable bonds is 8. The Labute approximate surface area is 400 Å². The third-order valence-corrected chi connectivity index (χ3v) is 12.9. The topological polar surface area (TPSA) is 77.3 Å². The van der Waals surface area contributed by atoms with E-state index in [0.717, 1.165) is 89.1 Å².